The zero-order chi connectivity index (χ0) is 6.57. The summed E-state index contributed by atoms with van der Waals surface area (Å²) in [4.78, 5) is 0. The first-order chi connectivity index (χ1) is 3.68. The van der Waals surface area contributed by atoms with Gasteiger partial charge in [0.1, 0.15) is 0 Å². The molecule has 0 heteroatoms. The third kappa shape index (κ3) is 3.74. The fourth-order valence-corrected chi connectivity index (χ4v) is 0.125. The Morgan fingerprint density at radius 2 is 3.20 bits per heavy atom. The van der Waals surface area contributed by atoms with E-state index in [1.54, 1.807) is 0 Å². The monoisotopic (exact) mass is 73.1 g/mol. The Morgan fingerprint density at radius 3 is 3.40 bits per heavy atom. The van der Waals surface area contributed by atoms with E-state index in [-0.39, 0.29) is 12.6 Å². The van der Waals surface area contributed by atoms with Gasteiger partial charge < -0.3 is 0 Å². The minimum atomic E-state index is -0.355. The van der Waals surface area contributed by atoms with Crippen molar-refractivity contribution in [1.29, 1.82) is 0 Å². The van der Waals surface area contributed by atoms with Crippen LogP contribution in [0.2, 0.25) is 0 Å². The van der Waals surface area contributed by atoms with Gasteiger partial charge in [0.25, 0.3) is 0 Å². The van der Waals surface area contributed by atoms with E-state index in [1.807, 2.05) is 6.92 Å². The Kier molecular flexibility index (Phi) is 1.09. The van der Waals surface area contributed by atoms with Gasteiger partial charge in [-0.05, 0) is 6.42 Å². The summed E-state index contributed by atoms with van der Waals surface area (Å²) in [5.74, 6) is 0. The molecule has 0 bridgehead atoms. The lowest BCUT2D eigenvalue weighted by molar-refractivity contribution is 0.961. The van der Waals surface area contributed by atoms with E-state index >= 15 is 0 Å². The van der Waals surface area contributed by atoms with E-state index in [4.69, 9.17) is 4.11 Å². The van der Waals surface area contributed by atoms with Crippen molar-refractivity contribution in [3.05, 3.63) is 12.6 Å². The van der Waals surface area contributed by atoms with Gasteiger partial charge in [-0.25, -0.2) is 0 Å². The van der Waals surface area contributed by atoms with Crippen LogP contribution in [-0.2, 0) is 0 Å². The van der Waals surface area contributed by atoms with E-state index in [0.717, 1.165) is 6.42 Å². The second kappa shape index (κ2) is 3.74. The molecule has 0 heterocycles. The van der Waals surface area contributed by atoms with Crippen LogP contribution in [0.25, 0.3) is 0 Å². The van der Waals surface area contributed by atoms with Crippen molar-refractivity contribution in [2.45, 2.75) is 19.8 Å². The summed E-state index contributed by atoms with van der Waals surface area (Å²) in [6.07, 6.45) is 1.41. The Hall–Kier alpha value is -0.260. The molecule has 0 rings (SSSR count). The molecular formula is C5H10. The Bertz CT molecular complexity index is 91.8. The predicted octanol–water partition coefficient (Wildman–Crippen LogP) is 1.97. The maximum Gasteiger partial charge on any atom is 0.0570 e. The molecule has 0 spiro atoms. The predicted molar refractivity (Wildman–Crippen MR) is 25.1 cm³/mol. The lowest BCUT2D eigenvalue weighted by Crippen LogP contribution is -1.52. The van der Waals surface area contributed by atoms with E-state index < -0.39 is 0 Å². The highest BCUT2D eigenvalue weighted by Gasteiger charge is 1.61. The maximum atomic E-state index is 6.93. The van der Waals surface area contributed by atoms with Crippen LogP contribution in [0.5, 0.6) is 0 Å². The SMILES string of the molecule is [2H]C([2H])=C([2H])CCC. The lowest BCUT2D eigenvalue weighted by atomic mass is 10.3. The number of hydrogen-bond donors (Lipinski definition) is 0. The first kappa shape index (κ1) is 1.46. The van der Waals surface area contributed by atoms with Crippen molar-refractivity contribution in [3.63, 3.8) is 0 Å². The van der Waals surface area contributed by atoms with Crippen LogP contribution in [-0.4, -0.2) is 0 Å². The topological polar surface area (TPSA) is 0 Å². The quantitative estimate of drug-likeness (QED) is 0.438. The molecule has 0 atom stereocenters. The summed E-state index contributed by atoms with van der Waals surface area (Å²) >= 11 is 0. The normalized spacial score (nSPS) is 15.0. The molecule has 0 aromatic heterocycles. The van der Waals surface area contributed by atoms with Crippen LogP contribution in [0.3, 0.4) is 0 Å². The van der Waals surface area contributed by atoms with Crippen molar-refractivity contribution in [2.75, 3.05) is 0 Å². The molecule has 0 amide bonds. The smallest absolute Gasteiger partial charge is 0.0570 e. The van der Waals surface area contributed by atoms with Gasteiger partial charge in [-0.3, -0.25) is 0 Å². The molecule has 0 aliphatic rings. The van der Waals surface area contributed by atoms with E-state index in [0.29, 0.717) is 6.42 Å². The van der Waals surface area contributed by atoms with Crippen LogP contribution in [0.4, 0.5) is 0 Å². The molecule has 0 saturated heterocycles. The Morgan fingerprint density at radius 1 is 2.40 bits per heavy atom. The molecule has 0 nitrogen and oxygen atoms in total. The molecular weight excluding hydrogens is 60.1 g/mol. The molecule has 0 aliphatic carbocycles. The first-order valence-corrected chi connectivity index (χ1v) is 1.81. The Balaban J connectivity index is 3.62. The van der Waals surface area contributed by atoms with Gasteiger partial charge in [-0.2, -0.15) is 0 Å². The number of allylic oxidation sites excluding steroid dienone is 1. The number of hydrogen-bond acceptors (Lipinski definition) is 0. The van der Waals surface area contributed by atoms with Gasteiger partial charge in [0.2, 0.25) is 0 Å². The molecule has 30 valence electrons. The van der Waals surface area contributed by atoms with Crippen molar-refractivity contribution in [1.82, 2.24) is 0 Å². The van der Waals surface area contributed by atoms with Gasteiger partial charge in [0, 0.05) is 0 Å². The summed E-state index contributed by atoms with van der Waals surface area (Å²) in [7, 11) is 0. The zero-order valence-electron chi connectivity index (χ0n) is 6.41. The molecule has 5 heavy (non-hydrogen) atoms. The second-order valence-electron chi connectivity index (χ2n) is 0.927. The van der Waals surface area contributed by atoms with Crippen LogP contribution in [0.15, 0.2) is 12.6 Å². The van der Waals surface area contributed by atoms with Crippen LogP contribution in [0, 0.1) is 0 Å². The minimum Gasteiger partial charge on any atom is -0.103 e. The molecule has 0 aromatic carbocycles. The lowest BCUT2D eigenvalue weighted by Gasteiger charge is -1.72. The average Bonchev–Trinajstić information content (AvgIpc) is 1.67. The molecule has 0 N–H and O–H groups in total. The molecule has 0 saturated carbocycles. The Labute approximate surface area is 37.7 Å². The van der Waals surface area contributed by atoms with E-state index in [9.17, 15) is 0 Å². The highest BCUT2D eigenvalue weighted by molar-refractivity contribution is 4.63. The van der Waals surface area contributed by atoms with Crippen molar-refractivity contribution >= 4 is 0 Å². The standard InChI is InChI=1S/C5H10/c1-3-5-4-2/h3H,1,4-5H2,2H3/i1D2,3D. The summed E-state index contributed by atoms with van der Waals surface area (Å²) in [5, 5.41) is 0. The second-order valence-corrected chi connectivity index (χ2v) is 0.927. The summed E-state index contributed by atoms with van der Waals surface area (Å²) < 4.78 is 20.2. The molecule has 0 fully saturated rings. The van der Waals surface area contributed by atoms with Gasteiger partial charge in [0.15, 0.2) is 0 Å². The maximum absolute atomic E-state index is 6.93. The highest BCUT2D eigenvalue weighted by atomic mass is 13.7. The van der Waals surface area contributed by atoms with E-state index in [2.05, 4.69) is 0 Å². The minimum absolute atomic E-state index is 0.132. The van der Waals surface area contributed by atoms with Crippen molar-refractivity contribution < 1.29 is 4.11 Å². The van der Waals surface area contributed by atoms with Gasteiger partial charge in [-0.1, -0.05) is 19.4 Å². The van der Waals surface area contributed by atoms with Gasteiger partial charge in [-0.15, -0.1) is 6.53 Å². The molecule has 0 radical (unpaired) electrons. The van der Waals surface area contributed by atoms with Gasteiger partial charge >= 0.3 is 0 Å². The largest absolute Gasteiger partial charge is 0.103 e. The van der Waals surface area contributed by atoms with Crippen LogP contribution in [0.1, 0.15) is 23.9 Å². The fourth-order valence-electron chi connectivity index (χ4n) is 0.125. The fraction of sp³-hybridized carbons (Fsp3) is 0.600. The molecule has 0 unspecified atom stereocenters. The third-order valence-corrected chi connectivity index (χ3v) is 0.375. The summed E-state index contributed by atoms with van der Waals surface area (Å²) in [5.41, 5.74) is 0. The van der Waals surface area contributed by atoms with Gasteiger partial charge in [0.05, 0.1) is 4.11 Å². The summed E-state index contributed by atoms with van der Waals surface area (Å²) in [6.45, 7) is 1.57. The summed E-state index contributed by atoms with van der Waals surface area (Å²) in [6, 6.07) is 0.132. The first-order valence-electron chi connectivity index (χ1n) is 3.31. The average molecular weight is 73.2 g/mol. The van der Waals surface area contributed by atoms with Crippen LogP contribution >= 0.6 is 0 Å². The van der Waals surface area contributed by atoms with Crippen molar-refractivity contribution in [2.24, 2.45) is 0 Å². The van der Waals surface area contributed by atoms with Crippen molar-refractivity contribution in [3.8, 4) is 0 Å². The third-order valence-electron chi connectivity index (χ3n) is 0.375. The highest BCUT2D eigenvalue weighted by Crippen LogP contribution is 1.82. The van der Waals surface area contributed by atoms with Crippen LogP contribution < -0.4 is 0 Å². The van der Waals surface area contributed by atoms with E-state index in [1.165, 1.54) is 0 Å². The zero-order valence-corrected chi connectivity index (χ0v) is 3.41. The molecule has 0 aliphatic heterocycles. The number of rotatable bonds is 2. The molecule has 0 aromatic rings.